The number of hydrogen-bond acceptors (Lipinski definition) is 3. The van der Waals surface area contributed by atoms with Gasteiger partial charge in [0, 0.05) is 12.3 Å². The molecule has 0 aromatic heterocycles. The summed E-state index contributed by atoms with van der Waals surface area (Å²) >= 11 is 0. The van der Waals surface area contributed by atoms with Crippen LogP contribution in [0.1, 0.15) is 46.5 Å². The Morgan fingerprint density at radius 2 is 1.88 bits per heavy atom. The minimum absolute atomic E-state index is 0.0416. The maximum atomic E-state index is 11.8. The average Bonchev–Trinajstić information content (AvgIpc) is 2.26. The number of ketones is 1. The Balaban J connectivity index is 4.26. The molecule has 0 saturated heterocycles. The van der Waals surface area contributed by atoms with Crippen molar-refractivity contribution in [2.24, 2.45) is 11.7 Å². The van der Waals surface area contributed by atoms with Crippen LogP contribution in [0.15, 0.2) is 0 Å². The van der Waals surface area contributed by atoms with Gasteiger partial charge in [0.2, 0.25) is 5.91 Å². The van der Waals surface area contributed by atoms with Crippen molar-refractivity contribution < 1.29 is 9.59 Å². The number of rotatable bonds is 8. The first-order chi connectivity index (χ1) is 7.52. The van der Waals surface area contributed by atoms with Crippen molar-refractivity contribution in [3.05, 3.63) is 0 Å². The third kappa shape index (κ3) is 5.85. The number of unbranched alkanes of at least 4 members (excludes halogenated alkanes) is 1. The van der Waals surface area contributed by atoms with Crippen LogP contribution in [-0.4, -0.2) is 24.3 Å². The van der Waals surface area contributed by atoms with E-state index in [0.717, 1.165) is 12.8 Å². The van der Waals surface area contributed by atoms with Crippen molar-refractivity contribution in [1.82, 2.24) is 5.32 Å². The number of Topliss-reactive ketones (excluding diaryl/α,β-unsaturated/α-hetero) is 1. The van der Waals surface area contributed by atoms with Gasteiger partial charge in [0.25, 0.3) is 0 Å². The number of carbonyl (C=O) groups excluding carboxylic acids is 2. The van der Waals surface area contributed by atoms with E-state index in [4.69, 9.17) is 5.73 Å². The second kappa shape index (κ2) is 8.28. The van der Waals surface area contributed by atoms with Gasteiger partial charge in [-0.3, -0.25) is 9.59 Å². The summed E-state index contributed by atoms with van der Waals surface area (Å²) in [6.45, 7) is 6.13. The largest absolute Gasteiger partial charge is 0.346 e. The quantitative estimate of drug-likeness (QED) is 0.614. The number of nitrogens with one attached hydrogen (secondary N) is 1. The zero-order valence-electron chi connectivity index (χ0n) is 10.6. The van der Waals surface area contributed by atoms with Crippen LogP contribution in [0, 0.1) is 5.92 Å². The molecule has 4 heteroatoms. The molecule has 1 atom stereocenters. The Morgan fingerprint density at radius 1 is 1.25 bits per heavy atom. The summed E-state index contributed by atoms with van der Waals surface area (Å²) in [5.74, 6) is 0.00519. The first kappa shape index (κ1) is 15.1. The molecule has 0 aliphatic carbocycles. The van der Waals surface area contributed by atoms with Crippen molar-refractivity contribution in [2.45, 2.75) is 52.5 Å². The second-order valence-electron chi connectivity index (χ2n) is 4.32. The maximum Gasteiger partial charge on any atom is 0.220 e. The van der Waals surface area contributed by atoms with E-state index < -0.39 is 0 Å². The monoisotopic (exact) mass is 228 g/mol. The van der Waals surface area contributed by atoms with Gasteiger partial charge < -0.3 is 11.1 Å². The molecule has 0 saturated carbocycles. The van der Waals surface area contributed by atoms with Gasteiger partial charge in [-0.25, -0.2) is 0 Å². The van der Waals surface area contributed by atoms with E-state index in [0.29, 0.717) is 19.4 Å². The molecule has 0 radical (unpaired) electrons. The molecule has 0 fully saturated rings. The Bertz CT molecular complexity index is 227. The molecule has 0 aliphatic rings. The summed E-state index contributed by atoms with van der Waals surface area (Å²) in [6, 6.07) is -0.334. The molecule has 0 aromatic carbocycles. The number of carbonyl (C=O) groups is 2. The molecule has 0 spiro atoms. The number of amides is 1. The molecular formula is C12H24N2O2. The molecule has 0 rings (SSSR count). The summed E-state index contributed by atoms with van der Waals surface area (Å²) in [4.78, 5) is 23.1. The summed E-state index contributed by atoms with van der Waals surface area (Å²) in [7, 11) is 0. The molecule has 0 aromatic rings. The van der Waals surface area contributed by atoms with Gasteiger partial charge in [0.05, 0.1) is 6.04 Å². The maximum absolute atomic E-state index is 11.8. The highest BCUT2D eigenvalue weighted by atomic mass is 16.2. The summed E-state index contributed by atoms with van der Waals surface area (Å²) in [5.41, 5.74) is 5.41. The van der Waals surface area contributed by atoms with Gasteiger partial charge in [-0.05, 0) is 25.8 Å². The summed E-state index contributed by atoms with van der Waals surface area (Å²) in [6.07, 6.45) is 2.88. The van der Waals surface area contributed by atoms with Crippen LogP contribution in [0.5, 0.6) is 0 Å². The second-order valence-corrected chi connectivity index (χ2v) is 4.32. The van der Waals surface area contributed by atoms with Gasteiger partial charge in [-0.1, -0.05) is 20.8 Å². The number of nitrogens with two attached hydrogens (primary N) is 1. The van der Waals surface area contributed by atoms with Crippen molar-refractivity contribution in [3.8, 4) is 0 Å². The molecule has 16 heavy (non-hydrogen) atoms. The minimum Gasteiger partial charge on any atom is -0.346 e. The molecule has 4 nitrogen and oxygen atoms in total. The predicted octanol–water partition coefficient (Wildman–Crippen LogP) is 1.24. The van der Waals surface area contributed by atoms with Crippen LogP contribution < -0.4 is 11.1 Å². The average molecular weight is 228 g/mol. The van der Waals surface area contributed by atoms with E-state index in [1.807, 2.05) is 13.8 Å². The van der Waals surface area contributed by atoms with Crippen LogP contribution in [0.3, 0.4) is 0 Å². The predicted molar refractivity (Wildman–Crippen MR) is 65.0 cm³/mol. The van der Waals surface area contributed by atoms with E-state index in [2.05, 4.69) is 5.32 Å². The highest BCUT2D eigenvalue weighted by Gasteiger charge is 2.21. The first-order valence-electron chi connectivity index (χ1n) is 6.06. The topological polar surface area (TPSA) is 72.2 Å². The molecule has 0 heterocycles. The molecule has 1 amide bonds. The molecule has 0 unspecified atom stereocenters. The highest BCUT2D eigenvalue weighted by Crippen LogP contribution is 2.07. The fraction of sp³-hybridized carbons (Fsp3) is 0.833. The van der Waals surface area contributed by atoms with Crippen LogP contribution >= 0.6 is 0 Å². The summed E-state index contributed by atoms with van der Waals surface area (Å²) in [5, 5.41) is 2.78. The standard InChI is InChI=1S/C12H24N2O2/c1-4-11(15)14-10(7-5-6-8-13)12(16)9(2)3/h9-10H,4-8,13H2,1-3H3,(H,14,15)/t10-/m0/s1. The molecule has 3 N–H and O–H groups in total. The molecular weight excluding hydrogens is 204 g/mol. The smallest absolute Gasteiger partial charge is 0.220 e. The fourth-order valence-electron chi connectivity index (χ4n) is 1.48. The first-order valence-corrected chi connectivity index (χ1v) is 6.06. The van der Waals surface area contributed by atoms with E-state index in [1.165, 1.54) is 0 Å². The zero-order valence-corrected chi connectivity index (χ0v) is 10.6. The lowest BCUT2D eigenvalue weighted by atomic mass is 9.97. The molecule has 0 bridgehead atoms. The van der Waals surface area contributed by atoms with Crippen molar-refractivity contribution in [1.29, 1.82) is 0 Å². The van der Waals surface area contributed by atoms with Gasteiger partial charge in [0.1, 0.15) is 0 Å². The van der Waals surface area contributed by atoms with E-state index in [9.17, 15) is 9.59 Å². The Labute approximate surface area is 98.0 Å². The van der Waals surface area contributed by atoms with Gasteiger partial charge in [0.15, 0.2) is 5.78 Å². The fourth-order valence-corrected chi connectivity index (χ4v) is 1.48. The SMILES string of the molecule is CCC(=O)N[C@@H](CCCCN)C(=O)C(C)C. The molecule has 0 aliphatic heterocycles. The Kier molecular flexibility index (Phi) is 7.81. The van der Waals surface area contributed by atoms with Crippen molar-refractivity contribution >= 4 is 11.7 Å². The van der Waals surface area contributed by atoms with Crippen LogP contribution in [0.2, 0.25) is 0 Å². The van der Waals surface area contributed by atoms with Crippen LogP contribution in [0.25, 0.3) is 0 Å². The lowest BCUT2D eigenvalue weighted by Gasteiger charge is -2.19. The van der Waals surface area contributed by atoms with Gasteiger partial charge >= 0.3 is 0 Å². The lowest BCUT2D eigenvalue weighted by Crippen LogP contribution is -2.42. The van der Waals surface area contributed by atoms with Gasteiger partial charge in [-0.15, -0.1) is 0 Å². The third-order valence-electron chi connectivity index (χ3n) is 2.52. The minimum atomic E-state index is -0.334. The summed E-state index contributed by atoms with van der Waals surface area (Å²) < 4.78 is 0. The van der Waals surface area contributed by atoms with Crippen molar-refractivity contribution in [3.63, 3.8) is 0 Å². The van der Waals surface area contributed by atoms with E-state index in [-0.39, 0.29) is 23.7 Å². The van der Waals surface area contributed by atoms with E-state index >= 15 is 0 Å². The Hall–Kier alpha value is -0.900. The van der Waals surface area contributed by atoms with Crippen LogP contribution in [-0.2, 0) is 9.59 Å². The van der Waals surface area contributed by atoms with Gasteiger partial charge in [-0.2, -0.15) is 0 Å². The molecule has 94 valence electrons. The highest BCUT2D eigenvalue weighted by molar-refractivity contribution is 5.90. The van der Waals surface area contributed by atoms with Crippen LogP contribution in [0.4, 0.5) is 0 Å². The number of hydrogen-bond donors (Lipinski definition) is 2. The third-order valence-corrected chi connectivity index (χ3v) is 2.52. The van der Waals surface area contributed by atoms with Crippen molar-refractivity contribution in [2.75, 3.05) is 6.54 Å². The van der Waals surface area contributed by atoms with E-state index in [1.54, 1.807) is 6.92 Å². The zero-order chi connectivity index (χ0) is 12.6. The lowest BCUT2D eigenvalue weighted by molar-refractivity contribution is -0.129. The normalized spacial score (nSPS) is 12.6. The Morgan fingerprint density at radius 3 is 2.31 bits per heavy atom.